The Morgan fingerprint density at radius 1 is 1.16 bits per heavy atom. The van der Waals surface area contributed by atoms with E-state index in [1.807, 2.05) is 6.92 Å². The van der Waals surface area contributed by atoms with Gasteiger partial charge in [-0.25, -0.2) is 8.42 Å². The molecule has 0 aliphatic rings. The summed E-state index contributed by atoms with van der Waals surface area (Å²) in [6.45, 7) is 3.99. The van der Waals surface area contributed by atoms with Crippen LogP contribution in [-0.2, 0) is 10.0 Å². The lowest BCUT2D eigenvalue weighted by Crippen LogP contribution is -2.32. The third kappa shape index (κ3) is 5.47. The Hall–Kier alpha value is -2.05. The van der Waals surface area contributed by atoms with Crippen LogP contribution in [0.5, 0.6) is 0 Å². The molecule has 0 heterocycles. The lowest BCUT2D eigenvalue weighted by molar-refractivity contribution is 0.0938. The van der Waals surface area contributed by atoms with Gasteiger partial charge in [-0.1, -0.05) is 31.0 Å². The van der Waals surface area contributed by atoms with Gasteiger partial charge in [-0.2, -0.15) is 0 Å². The maximum absolute atomic E-state index is 12.4. The molecule has 5 nitrogen and oxygen atoms in total. The molecule has 0 aliphatic heterocycles. The number of carbonyl (C=O) groups is 1. The second-order valence-corrected chi connectivity index (χ2v) is 7.92. The number of sulfonamides is 1. The van der Waals surface area contributed by atoms with Gasteiger partial charge in [0, 0.05) is 22.3 Å². The molecule has 2 N–H and O–H groups in total. The molecule has 0 unspecified atom stereocenters. The molecule has 0 aliphatic carbocycles. The van der Waals surface area contributed by atoms with Crippen molar-refractivity contribution >= 4 is 33.2 Å². The predicted molar refractivity (Wildman–Crippen MR) is 101 cm³/mol. The first kappa shape index (κ1) is 19.3. The highest BCUT2D eigenvalue weighted by Crippen LogP contribution is 2.19. The minimum atomic E-state index is -3.74. The summed E-state index contributed by atoms with van der Waals surface area (Å²) in [6, 6.07) is 12.3. The van der Waals surface area contributed by atoms with Gasteiger partial charge >= 0.3 is 0 Å². The second-order valence-electron chi connectivity index (χ2n) is 5.80. The lowest BCUT2D eigenvalue weighted by atomic mass is 10.1. The zero-order valence-corrected chi connectivity index (χ0v) is 15.7. The molecule has 2 rings (SSSR count). The number of hydrogen-bond acceptors (Lipinski definition) is 3. The molecular formula is C18H21ClN2O3S. The fourth-order valence-corrected chi connectivity index (χ4v) is 3.54. The van der Waals surface area contributed by atoms with Gasteiger partial charge in [0.2, 0.25) is 0 Å². The summed E-state index contributed by atoms with van der Waals surface area (Å²) in [6.07, 6.45) is 1.86. The summed E-state index contributed by atoms with van der Waals surface area (Å²) in [7, 11) is -3.74. The van der Waals surface area contributed by atoms with Crippen LogP contribution in [0, 0.1) is 0 Å². The summed E-state index contributed by atoms with van der Waals surface area (Å²) >= 11 is 5.78. The Bertz CT molecular complexity index is 836. The molecule has 2 aromatic carbocycles. The van der Waals surface area contributed by atoms with Crippen molar-refractivity contribution in [3.05, 3.63) is 59.1 Å². The summed E-state index contributed by atoms with van der Waals surface area (Å²) in [4.78, 5) is 12.4. The summed E-state index contributed by atoms with van der Waals surface area (Å²) < 4.78 is 27.3. The minimum absolute atomic E-state index is 0.0620. The Balaban J connectivity index is 2.15. The van der Waals surface area contributed by atoms with E-state index in [4.69, 9.17) is 11.6 Å². The maximum Gasteiger partial charge on any atom is 0.261 e. The fourth-order valence-electron chi connectivity index (χ4n) is 2.36. The molecule has 0 bridgehead atoms. The molecule has 1 atom stereocenters. The van der Waals surface area contributed by atoms with E-state index in [1.54, 1.807) is 18.2 Å². The van der Waals surface area contributed by atoms with Crippen LogP contribution >= 0.6 is 11.6 Å². The molecule has 25 heavy (non-hydrogen) atoms. The van der Waals surface area contributed by atoms with Crippen LogP contribution in [0.3, 0.4) is 0 Å². The van der Waals surface area contributed by atoms with Crippen molar-refractivity contribution in [2.45, 2.75) is 37.6 Å². The highest BCUT2D eigenvalue weighted by atomic mass is 35.5. The van der Waals surface area contributed by atoms with Crippen LogP contribution < -0.4 is 10.0 Å². The van der Waals surface area contributed by atoms with Crippen molar-refractivity contribution in [2.24, 2.45) is 0 Å². The van der Waals surface area contributed by atoms with E-state index in [0.717, 1.165) is 12.8 Å². The first-order chi connectivity index (χ1) is 11.8. The van der Waals surface area contributed by atoms with E-state index in [0.29, 0.717) is 16.3 Å². The monoisotopic (exact) mass is 380 g/mol. The van der Waals surface area contributed by atoms with Gasteiger partial charge in [-0.05, 0) is 55.8 Å². The molecule has 0 aromatic heterocycles. The first-order valence-corrected chi connectivity index (χ1v) is 9.87. The molecule has 0 spiro atoms. The highest BCUT2D eigenvalue weighted by molar-refractivity contribution is 7.92. The third-order valence-electron chi connectivity index (χ3n) is 3.60. The topological polar surface area (TPSA) is 75.3 Å². The number of anilines is 1. The van der Waals surface area contributed by atoms with Crippen LogP contribution in [0.4, 0.5) is 5.69 Å². The van der Waals surface area contributed by atoms with Crippen molar-refractivity contribution in [2.75, 3.05) is 4.72 Å². The lowest BCUT2D eigenvalue weighted by Gasteiger charge is -2.14. The Morgan fingerprint density at radius 2 is 1.84 bits per heavy atom. The molecule has 0 saturated carbocycles. The van der Waals surface area contributed by atoms with Gasteiger partial charge in [-0.15, -0.1) is 0 Å². The van der Waals surface area contributed by atoms with Crippen molar-refractivity contribution in [3.63, 3.8) is 0 Å². The van der Waals surface area contributed by atoms with Gasteiger partial charge in [0.25, 0.3) is 15.9 Å². The highest BCUT2D eigenvalue weighted by Gasteiger charge is 2.15. The molecule has 7 heteroatoms. The summed E-state index contributed by atoms with van der Waals surface area (Å²) in [5.41, 5.74) is 0.727. The number of nitrogens with one attached hydrogen (secondary N) is 2. The molecule has 0 fully saturated rings. The van der Waals surface area contributed by atoms with E-state index in [2.05, 4.69) is 17.0 Å². The zero-order valence-electron chi connectivity index (χ0n) is 14.1. The van der Waals surface area contributed by atoms with Crippen LogP contribution in [0.25, 0.3) is 0 Å². The van der Waals surface area contributed by atoms with Crippen molar-refractivity contribution in [1.29, 1.82) is 0 Å². The van der Waals surface area contributed by atoms with Crippen LogP contribution in [0.15, 0.2) is 53.4 Å². The quantitative estimate of drug-likeness (QED) is 0.760. The third-order valence-corrected chi connectivity index (χ3v) is 5.25. The predicted octanol–water partition coefficient (Wildman–Crippen LogP) is 4.06. The van der Waals surface area contributed by atoms with E-state index >= 15 is 0 Å². The number of hydrogen-bond donors (Lipinski definition) is 2. The Kier molecular flexibility index (Phi) is 6.45. The average molecular weight is 381 g/mol. The van der Waals surface area contributed by atoms with Gasteiger partial charge in [0.15, 0.2) is 0 Å². The van der Waals surface area contributed by atoms with Gasteiger partial charge < -0.3 is 5.32 Å². The molecule has 0 saturated heterocycles. The van der Waals surface area contributed by atoms with Gasteiger partial charge in [-0.3, -0.25) is 9.52 Å². The number of carbonyl (C=O) groups excluding carboxylic acids is 1. The number of rotatable bonds is 7. The molecule has 2 aromatic rings. The summed E-state index contributed by atoms with van der Waals surface area (Å²) in [5, 5.41) is 3.35. The van der Waals surface area contributed by atoms with Crippen molar-refractivity contribution in [3.8, 4) is 0 Å². The smallest absolute Gasteiger partial charge is 0.261 e. The standard InChI is InChI=1S/C18H21ClN2O3S/c1-3-5-13(2)20-18(22)14-6-4-7-16(12-14)21-25(23,24)17-10-8-15(19)9-11-17/h4,6-13,21H,3,5H2,1-2H3,(H,20,22)/t13-/m1/s1. The largest absolute Gasteiger partial charge is 0.350 e. The van der Waals surface area contributed by atoms with E-state index in [1.165, 1.54) is 30.3 Å². The van der Waals surface area contributed by atoms with E-state index in [-0.39, 0.29) is 16.8 Å². The SMILES string of the molecule is CCC[C@@H](C)NC(=O)c1cccc(NS(=O)(=O)c2ccc(Cl)cc2)c1. The van der Waals surface area contributed by atoms with Crippen LogP contribution in [0.1, 0.15) is 37.0 Å². The van der Waals surface area contributed by atoms with Gasteiger partial charge in [0.05, 0.1) is 4.90 Å². The van der Waals surface area contributed by atoms with E-state index in [9.17, 15) is 13.2 Å². The van der Waals surface area contributed by atoms with Crippen LogP contribution in [-0.4, -0.2) is 20.4 Å². The Labute approximate surface area is 153 Å². The van der Waals surface area contributed by atoms with Crippen molar-refractivity contribution in [1.82, 2.24) is 5.32 Å². The van der Waals surface area contributed by atoms with Crippen molar-refractivity contribution < 1.29 is 13.2 Å². The number of benzene rings is 2. The molecule has 1 amide bonds. The fraction of sp³-hybridized carbons (Fsp3) is 0.278. The van der Waals surface area contributed by atoms with E-state index < -0.39 is 10.0 Å². The number of amides is 1. The molecular weight excluding hydrogens is 360 g/mol. The van der Waals surface area contributed by atoms with Crippen LogP contribution in [0.2, 0.25) is 5.02 Å². The maximum atomic E-state index is 12.4. The average Bonchev–Trinajstić information content (AvgIpc) is 2.55. The summed E-state index contributed by atoms with van der Waals surface area (Å²) in [5.74, 6) is -0.228. The Morgan fingerprint density at radius 3 is 2.48 bits per heavy atom. The minimum Gasteiger partial charge on any atom is -0.350 e. The second kappa shape index (κ2) is 8.36. The first-order valence-electron chi connectivity index (χ1n) is 8.01. The molecule has 0 radical (unpaired) electrons. The molecule has 134 valence electrons. The zero-order chi connectivity index (χ0) is 18.4. The normalized spacial score (nSPS) is 12.4. The number of halogens is 1. The van der Waals surface area contributed by atoms with Gasteiger partial charge in [0.1, 0.15) is 0 Å².